The molecule has 1 fully saturated rings. The predicted octanol–water partition coefficient (Wildman–Crippen LogP) is -1.16. The number of pyridine rings is 1. The molecule has 8 heteroatoms. The number of rotatable bonds is 5. The van der Waals surface area contributed by atoms with Gasteiger partial charge in [-0.1, -0.05) is 0 Å². The van der Waals surface area contributed by atoms with Crippen molar-refractivity contribution < 1.29 is 13.5 Å². The van der Waals surface area contributed by atoms with E-state index in [4.69, 9.17) is 10.8 Å². The number of aromatic nitrogens is 1. The lowest BCUT2D eigenvalue weighted by molar-refractivity contribution is 0.151. The van der Waals surface area contributed by atoms with Crippen LogP contribution < -0.4 is 5.73 Å². The first-order valence-corrected chi connectivity index (χ1v) is 8.00. The van der Waals surface area contributed by atoms with Crippen LogP contribution in [0.15, 0.2) is 23.2 Å². The Hall–Kier alpha value is -1.06. The van der Waals surface area contributed by atoms with Crippen molar-refractivity contribution in [1.29, 1.82) is 0 Å². The van der Waals surface area contributed by atoms with Crippen LogP contribution in [-0.2, 0) is 16.6 Å². The number of aliphatic hydroxyl groups excluding tert-OH is 1. The Labute approximate surface area is 119 Å². The average molecular weight is 300 g/mol. The summed E-state index contributed by atoms with van der Waals surface area (Å²) in [6.07, 6.45) is 1.36. The summed E-state index contributed by atoms with van der Waals surface area (Å²) in [6.45, 7) is 3.10. The van der Waals surface area contributed by atoms with Crippen LogP contribution in [0.2, 0.25) is 0 Å². The summed E-state index contributed by atoms with van der Waals surface area (Å²) >= 11 is 0. The van der Waals surface area contributed by atoms with Gasteiger partial charge in [-0.2, -0.15) is 4.31 Å². The van der Waals surface area contributed by atoms with Crippen LogP contribution in [0, 0.1) is 0 Å². The van der Waals surface area contributed by atoms with Gasteiger partial charge in [0.05, 0.1) is 12.3 Å². The molecule has 1 aromatic rings. The zero-order valence-corrected chi connectivity index (χ0v) is 12.1. The van der Waals surface area contributed by atoms with Crippen LogP contribution in [0.1, 0.15) is 5.69 Å². The van der Waals surface area contributed by atoms with Crippen molar-refractivity contribution in [1.82, 2.24) is 14.2 Å². The molecule has 0 radical (unpaired) electrons. The molecule has 7 nitrogen and oxygen atoms in total. The number of aliphatic hydroxyl groups is 1. The van der Waals surface area contributed by atoms with Crippen LogP contribution in [0.4, 0.5) is 0 Å². The van der Waals surface area contributed by atoms with E-state index in [0.717, 1.165) is 0 Å². The molecule has 0 aliphatic carbocycles. The van der Waals surface area contributed by atoms with Crippen molar-refractivity contribution in [3.63, 3.8) is 0 Å². The van der Waals surface area contributed by atoms with Gasteiger partial charge in [0.2, 0.25) is 10.0 Å². The minimum Gasteiger partial charge on any atom is -0.395 e. The molecule has 1 aliphatic rings. The van der Waals surface area contributed by atoms with Crippen LogP contribution in [-0.4, -0.2) is 67.0 Å². The highest BCUT2D eigenvalue weighted by Gasteiger charge is 2.28. The lowest BCUT2D eigenvalue weighted by Crippen LogP contribution is -2.49. The Balaban J connectivity index is 2.07. The van der Waals surface area contributed by atoms with Crippen LogP contribution in [0.3, 0.4) is 0 Å². The van der Waals surface area contributed by atoms with Gasteiger partial charge in [0.15, 0.2) is 0 Å². The fourth-order valence-electron chi connectivity index (χ4n) is 2.17. The maximum absolute atomic E-state index is 12.4. The highest BCUT2D eigenvalue weighted by molar-refractivity contribution is 7.89. The number of nitrogens with two attached hydrogens (primary N) is 1. The van der Waals surface area contributed by atoms with Gasteiger partial charge in [-0.25, -0.2) is 8.42 Å². The second-order valence-electron chi connectivity index (χ2n) is 4.66. The van der Waals surface area contributed by atoms with Crippen LogP contribution in [0.25, 0.3) is 0 Å². The minimum absolute atomic E-state index is 0.0945. The maximum atomic E-state index is 12.4. The average Bonchev–Trinajstić information content (AvgIpc) is 2.48. The number of nitrogens with zero attached hydrogens (tertiary/aromatic N) is 3. The highest BCUT2D eigenvalue weighted by atomic mass is 32.2. The molecule has 3 N–H and O–H groups in total. The summed E-state index contributed by atoms with van der Waals surface area (Å²) < 4.78 is 26.3. The smallest absolute Gasteiger partial charge is 0.244 e. The number of hydrogen-bond donors (Lipinski definition) is 2. The summed E-state index contributed by atoms with van der Waals surface area (Å²) in [6, 6.07) is 3.18. The van der Waals surface area contributed by atoms with E-state index in [2.05, 4.69) is 4.98 Å². The summed E-state index contributed by atoms with van der Waals surface area (Å²) in [5.74, 6) is 0. The maximum Gasteiger partial charge on any atom is 0.244 e. The fraction of sp³-hybridized carbons (Fsp3) is 0.583. The van der Waals surface area contributed by atoms with Gasteiger partial charge in [0.1, 0.15) is 4.90 Å². The molecule has 0 bridgehead atoms. The van der Waals surface area contributed by atoms with Gasteiger partial charge in [0, 0.05) is 45.5 Å². The number of hydrogen-bond acceptors (Lipinski definition) is 6. The van der Waals surface area contributed by atoms with Crippen molar-refractivity contribution in [3.8, 4) is 0 Å². The standard InChI is InChI=1S/C12H20N4O3S/c13-9-11-1-2-12(10-14-11)20(18,19)16-5-3-15(4-6-16)7-8-17/h1-2,10,17H,3-9,13H2. The van der Waals surface area contributed by atoms with E-state index in [1.165, 1.54) is 10.5 Å². The van der Waals surface area contributed by atoms with Crippen LogP contribution >= 0.6 is 0 Å². The molecule has 2 heterocycles. The van der Waals surface area contributed by atoms with E-state index < -0.39 is 10.0 Å². The first kappa shape index (κ1) is 15.3. The number of sulfonamides is 1. The largest absolute Gasteiger partial charge is 0.395 e. The molecule has 0 unspecified atom stereocenters. The molecule has 0 spiro atoms. The SMILES string of the molecule is NCc1ccc(S(=O)(=O)N2CCN(CCO)CC2)cn1. The van der Waals surface area contributed by atoms with Crippen molar-refractivity contribution in [2.24, 2.45) is 5.73 Å². The molecule has 1 aliphatic heterocycles. The van der Waals surface area contributed by atoms with Crippen molar-refractivity contribution in [3.05, 3.63) is 24.0 Å². The molecule has 112 valence electrons. The Morgan fingerprint density at radius 2 is 1.95 bits per heavy atom. The first-order valence-electron chi connectivity index (χ1n) is 6.56. The normalized spacial score (nSPS) is 18.3. The van der Waals surface area contributed by atoms with Gasteiger partial charge in [-0.15, -0.1) is 0 Å². The van der Waals surface area contributed by atoms with E-state index >= 15 is 0 Å². The predicted molar refractivity (Wildman–Crippen MR) is 74.4 cm³/mol. The lowest BCUT2D eigenvalue weighted by Gasteiger charge is -2.33. The van der Waals surface area contributed by atoms with E-state index in [1.54, 1.807) is 12.1 Å². The summed E-state index contributed by atoms with van der Waals surface area (Å²) in [4.78, 5) is 6.27. The third kappa shape index (κ3) is 3.33. The fourth-order valence-corrected chi connectivity index (χ4v) is 3.54. The topological polar surface area (TPSA) is 99.8 Å². The Bertz CT molecular complexity index is 524. The first-order chi connectivity index (χ1) is 9.57. The molecule has 1 aromatic heterocycles. The van der Waals surface area contributed by atoms with Crippen molar-refractivity contribution in [2.75, 3.05) is 39.3 Å². The van der Waals surface area contributed by atoms with Gasteiger partial charge in [-0.05, 0) is 12.1 Å². The molecule has 20 heavy (non-hydrogen) atoms. The lowest BCUT2D eigenvalue weighted by atomic mass is 10.3. The Kier molecular flexibility index (Phi) is 5.06. The molecular weight excluding hydrogens is 280 g/mol. The summed E-state index contributed by atoms with van der Waals surface area (Å²) in [7, 11) is -3.48. The molecule has 1 saturated heterocycles. The molecule has 0 atom stereocenters. The molecule has 2 rings (SSSR count). The number of β-amino-alcohol motifs (C(OH)–C–C–N with tert-alkyl or cyclic N) is 1. The van der Waals surface area contributed by atoms with E-state index in [9.17, 15) is 8.42 Å². The van der Waals surface area contributed by atoms with Crippen molar-refractivity contribution >= 4 is 10.0 Å². The summed E-state index contributed by atoms with van der Waals surface area (Å²) in [5.41, 5.74) is 6.11. The van der Waals surface area contributed by atoms with E-state index in [0.29, 0.717) is 45.0 Å². The number of piperazine rings is 1. The van der Waals surface area contributed by atoms with Gasteiger partial charge >= 0.3 is 0 Å². The molecule has 0 amide bonds. The molecule has 0 saturated carbocycles. The van der Waals surface area contributed by atoms with Gasteiger partial charge in [-0.3, -0.25) is 9.88 Å². The third-order valence-electron chi connectivity index (χ3n) is 3.39. The zero-order chi connectivity index (χ0) is 14.6. The second kappa shape index (κ2) is 6.59. The Morgan fingerprint density at radius 1 is 1.25 bits per heavy atom. The molecular formula is C12H20N4O3S. The van der Waals surface area contributed by atoms with Crippen LogP contribution in [0.5, 0.6) is 0 Å². The third-order valence-corrected chi connectivity index (χ3v) is 5.27. The quantitative estimate of drug-likeness (QED) is 0.711. The zero-order valence-electron chi connectivity index (χ0n) is 11.3. The molecule has 0 aromatic carbocycles. The van der Waals surface area contributed by atoms with Crippen molar-refractivity contribution in [2.45, 2.75) is 11.4 Å². The minimum atomic E-state index is -3.48. The Morgan fingerprint density at radius 3 is 2.45 bits per heavy atom. The van der Waals surface area contributed by atoms with E-state index in [1.807, 2.05) is 4.90 Å². The second-order valence-corrected chi connectivity index (χ2v) is 6.60. The highest BCUT2D eigenvalue weighted by Crippen LogP contribution is 2.16. The monoisotopic (exact) mass is 300 g/mol. The van der Waals surface area contributed by atoms with Gasteiger partial charge < -0.3 is 10.8 Å². The van der Waals surface area contributed by atoms with Gasteiger partial charge in [0.25, 0.3) is 0 Å². The van der Waals surface area contributed by atoms with E-state index in [-0.39, 0.29) is 11.5 Å². The summed E-state index contributed by atoms with van der Waals surface area (Å²) in [5, 5.41) is 8.88.